The van der Waals surface area contributed by atoms with Crippen molar-refractivity contribution in [2.75, 3.05) is 26.9 Å². The quantitative estimate of drug-likeness (QED) is 0.125. The average molecular weight is 723 g/mol. The Morgan fingerprint density at radius 3 is 1.83 bits per heavy atom. The summed E-state index contributed by atoms with van der Waals surface area (Å²) < 4.78 is 45.2. The lowest BCUT2D eigenvalue weighted by Crippen LogP contribution is -2.66. The molecule has 0 amide bonds. The van der Waals surface area contributed by atoms with E-state index in [1.165, 1.54) is 0 Å². The molecule has 0 aliphatic carbocycles. The molecule has 1 saturated heterocycles. The first-order chi connectivity index (χ1) is 25.6. The van der Waals surface area contributed by atoms with Crippen molar-refractivity contribution in [3.8, 4) is 11.5 Å². The molecule has 2 aliphatic rings. The summed E-state index contributed by atoms with van der Waals surface area (Å²) in [6.45, 7) is 1.48. The van der Waals surface area contributed by atoms with Gasteiger partial charge in [-0.15, -0.1) is 0 Å². The lowest BCUT2D eigenvalue weighted by Gasteiger charge is -2.52. The van der Waals surface area contributed by atoms with Gasteiger partial charge in [-0.2, -0.15) is 0 Å². The van der Waals surface area contributed by atoms with E-state index < -0.39 is 30.2 Å². The third-order valence-corrected chi connectivity index (χ3v) is 9.83. The predicted octanol–water partition coefficient (Wildman–Crippen LogP) is 7.65. The van der Waals surface area contributed by atoms with Crippen LogP contribution in [0.4, 0.5) is 0 Å². The van der Waals surface area contributed by atoms with Gasteiger partial charge in [0.1, 0.15) is 37.6 Å². The molecule has 1 fully saturated rings. The van der Waals surface area contributed by atoms with Gasteiger partial charge >= 0.3 is 0 Å². The largest absolute Gasteiger partial charge is 0.486 e. The van der Waals surface area contributed by atoms with Crippen LogP contribution in [0.3, 0.4) is 0 Å². The average Bonchev–Trinajstić information content (AvgIpc) is 3.20. The van der Waals surface area contributed by atoms with Crippen LogP contribution in [0.15, 0.2) is 127 Å². The molecule has 5 aromatic rings. The number of aliphatic hydroxyl groups is 1. The molecule has 0 saturated carbocycles. The minimum atomic E-state index is -1.53. The van der Waals surface area contributed by atoms with Gasteiger partial charge in [0.2, 0.25) is 5.79 Å². The third kappa shape index (κ3) is 8.19. The third-order valence-electron chi connectivity index (χ3n) is 9.47. The van der Waals surface area contributed by atoms with Crippen LogP contribution in [-0.4, -0.2) is 56.5 Å². The van der Waals surface area contributed by atoms with E-state index in [1.54, 1.807) is 7.11 Å². The molecule has 1 N–H and O–H groups in total. The van der Waals surface area contributed by atoms with Gasteiger partial charge in [-0.25, -0.2) is 0 Å². The van der Waals surface area contributed by atoms with Crippen molar-refractivity contribution < 1.29 is 38.3 Å². The van der Waals surface area contributed by atoms with Gasteiger partial charge in [0.25, 0.3) is 0 Å². The SMILES string of the molecule is COC1(c2ccc(Cl)c(Cc3ccc4c(c3)OCCO4)c2)OC(CO)C(OCc2ccccc2)C(OCc2ccccc2)C1OCc1ccccc1. The van der Waals surface area contributed by atoms with Gasteiger partial charge in [-0.1, -0.05) is 115 Å². The number of fused-ring (bicyclic) bond motifs is 1. The summed E-state index contributed by atoms with van der Waals surface area (Å²) in [6, 6.07) is 41.4. The lowest BCUT2D eigenvalue weighted by atomic mass is 9.86. The van der Waals surface area contributed by atoms with E-state index >= 15 is 0 Å². The van der Waals surface area contributed by atoms with Crippen LogP contribution < -0.4 is 9.47 Å². The zero-order valence-electron chi connectivity index (χ0n) is 29.1. The molecule has 52 heavy (non-hydrogen) atoms. The topological polar surface area (TPSA) is 84.8 Å². The molecule has 7 rings (SSSR count). The number of methoxy groups -OCH3 is 1. The summed E-state index contributed by atoms with van der Waals surface area (Å²) in [4.78, 5) is 0. The zero-order valence-corrected chi connectivity index (χ0v) is 29.8. The Balaban J connectivity index is 1.28. The smallest absolute Gasteiger partial charge is 0.225 e. The Labute approximate surface area is 309 Å². The number of ether oxygens (including phenoxy) is 7. The molecule has 2 aliphatic heterocycles. The first-order valence-electron chi connectivity index (χ1n) is 17.5. The van der Waals surface area contributed by atoms with E-state index in [9.17, 15) is 5.11 Å². The van der Waals surface area contributed by atoms with E-state index in [1.807, 2.05) is 127 Å². The maximum atomic E-state index is 10.9. The van der Waals surface area contributed by atoms with Gasteiger partial charge < -0.3 is 38.3 Å². The van der Waals surface area contributed by atoms with Crippen LogP contribution in [0.5, 0.6) is 11.5 Å². The molecule has 8 nitrogen and oxygen atoms in total. The van der Waals surface area contributed by atoms with Gasteiger partial charge in [0.15, 0.2) is 11.5 Å². The van der Waals surface area contributed by atoms with Gasteiger partial charge in [-0.3, -0.25) is 0 Å². The summed E-state index contributed by atoms with van der Waals surface area (Å²) in [7, 11) is 1.59. The van der Waals surface area contributed by atoms with Crippen LogP contribution in [0.2, 0.25) is 5.02 Å². The van der Waals surface area contributed by atoms with E-state index in [-0.39, 0.29) is 26.4 Å². The summed E-state index contributed by atoms with van der Waals surface area (Å²) in [6.07, 6.45) is -2.64. The molecular formula is C43H43ClO8. The monoisotopic (exact) mass is 722 g/mol. The first kappa shape index (κ1) is 36.1. The first-order valence-corrected chi connectivity index (χ1v) is 17.9. The van der Waals surface area contributed by atoms with Gasteiger partial charge in [0.05, 0.1) is 26.4 Å². The number of aliphatic hydroxyl groups excluding tert-OH is 1. The number of benzene rings is 5. The second-order valence-corrected chi connectivity index (χ2v) is 13.3. The summed E-state index contributed by atoms with van der Waals surface area (Å²) in [5.41, 5.74) is 5.45. The highest BCUT2D eigenvalue weighted by Gasteiger charge is 2.58. The molecule has 270 valence electrons. The van der Waals surface area contributed by atoms with Crippen molar-refractivity contribution in [3.05, 3.63) is 166 Å². The maximum absolute atomic E-state index is 10.9. The molecule has 0 spiro atoms. The standard InChI is InChI=1S/C43H43ClO8/c1-46-43(35-18-19-36(44)34(25-35)23-33-17-20-37-38(24-33)48-22-21-47-37)42(51-29-32-15-9-4-10-16-32)41(50-28-31-13-7-3-8-14-31)40(39(26-45)52-43)49-27-30-11-5-2-6-12-30/h2-20,24-25,39-42,45H,21-23,26-29H2,1H3. The maximum Gasteiger partial charge on any atom is 0.225 e. The van der Waals surface area contributed by atoms with Crippen LogP contribution in [0.1, 0.15) is 33.4 Å². The minimum absolute atomic E-state index is 0.248. The fourth-order valence-electron chi connectivity index (χ4n) is 6.84. The molecule has 0 bridgehead atoms. The fraction of sp³-hybridized carbons (Fsp3) is 0.302. The van der Waals surface area contributed by atoms with Crippen molar-refractivity contribution in [3.63, 3.8) is 0 Å². The highest BCUT2D eigenvalue weighted by Crippen LogP contribution is 2.45. The van der Waals surface area contributed by atoms with Crippen LogP contribution >= 0.6 is 11.6 Å². The molecule has 5 aromatic carbocycles. The number of hydrogen-bond donors (Lipinski definition) is 1. The fourth-order valence-corrected chi connectivity index (χ4v) is 7.03. The molecular weight excluding hydrogens is 680 g/mol. The highest BCUT2D eigenvalue weighted by molar-refractivity contribution is 6.31. The summed E-state index contributed by atoms with van der Waals surface area (Å²) >= 11 is 6.87. The molecule has 0 aromatic heterocycles. The van der Waals surface area contributed by atoms with Crippen molar-refractivity contribution in [2.24, 2.45) is 0 Å². The predicted molar refractivity (Wildman–Crippen MR) is 197 cm³/mol. The molecule has 5 unspecified atom stereocenters. The highest BCUT2D eigenvalue weighted by atomic mass is 35.5. The number of halogens is 1. The normalized spacial score (nSPS) is 22.6. The van der Waals surface area contributed by atoms with E-state index in [4.69, 9.17) is 44.8 Å². The Hall–Kier alpha value is -4.25. The van der Waals surface area contributed by atoms with Crippen LogP contribution in [0.25, 0.3) is 0 Å². The summed E-state index contributed by atoms with van der Waals surface area (Å²) in [5.74, 6) is -0.0922. The number of rotatable bonds is 14. The lowest BCUT2D eigenvalue weighted by molar-refractivity contribution is -0.384. The Morgan fingerprint density at radius 2 is 1.23 bits per heavy atom. The second kappa shape index (κ2) is 17.1. The Kier molecular flexibility index (Phi) is 11.8. The van der Waals surface area contributed by atoms with Crippen molar-refractivity contribution in [1.82, 2.24) is 0 Å². The number of hydrogen-bond acceptors (Lipinski definition) is 8. The Morgan fingerprint density at radius 1 is 0.654 bits per heavy atom. The van der Waals surface area contributed by atoms with E-state index in [0.717, 1.165) is 33.6 Å². The van der Waals surface area contributed by atoms with Gasteiger partial charge in [0, 0.05) is 17.7 Å². The van der Waals surface area contributed by atoms with Crippen LogP contribution in [0, 0.1) is 0 Å². The second-order valence-electron chi connectivity index (χ2n) is 12.9. The van der Waals surface area contributed by atoms with Crippen molar-refractivity contribution >= 4 is 11.6 Å². The molecule has 2 heterocycles. The zero-order chi connectivity index (χ0) is 35.8. The van der Waals surface area contributed by atoms with Crippen molar-refractivity contribution in [1.29, 1.82) is 0 Å². The molecule has 5 atom stereocenters. The molecule has 0 radical (unpaired) electrons. The van der Waals surface area contributed by atoms with Crippen LogP contribution in [-0.2, 0) is 55.7 Å². The van der Waals surface area contributed by atoms with E-state index in [2.05, 4.69) is 0 Å². The molecule has 9 heteroatoms. The van der Waals surface area contributed by atoms with E-state index in [0.29, 0.717) is 36.0 Å². The summed E-state index contributed by atoms with van der Waals surface area (Å²) in [5, 5.41) is 11.5. The van der Waals surface area contributed by atoms with Crippen molar-refractivity contribution in [2.45, 2.75) is 56.4 Å². The minimum Gasteiger partial charge on any atom is -0.486 e. The van der Waals surface area contributed by atoms with Gasteiger partial charge in [-0.05, 0) is 58.5 Å². The Bertz CT molecular complexity index is 1880.